The summed E-state index contributed by atoms with van der Waals surface area (Å²) in [5, 5.41) is 3.40. The number of hydrogen-bond donors (Lipinski definition) is 1. The summed E-state index contributed by atoms with van der Waals surface area (Å²) in [5.74, 6) is 0.772. The average molecular weight is 291 g/mol. The van der Waals surface area contributed by atoms with Crippen LogP contribution in [0.2, 0.25) is 0 Å². The van der Waals surface area contributed by atoms with Gasteiger partial charge in [0, 0.05) is 11.6 Å². The Hall–Kier alpha value is -1.39. The molecular weight excluding hydrogens is 266 g/mol. The Balaban J connectivity index is 2.08. The van der Waals surface area contributed by atoms with Gasteiger partial charge in [-0.2, -0.15) is 0 Å². The Kier molecular flexibility index (Phi) is 5.76. The monoisotopic (exact) mass is 291 g/mol. The van der Waals surface area contributed by atoms with E-state index in [9.17, 15) is 4.79 Å². The number of ketones is 1. The first kappa shape index (κ1) is 16.0. The largest absolute Gasteiger partial charge is 0.491 e. The van der Waals surface area contributed by atoms with Gasteiger partial charge in [0.2, 0.25) is 0 Å². The maximum Gasteiger partial charge on any atom is 0.170 e. The molecule has 1 fully saturated rings. The van der Waals surface area contributed by atoms with Gasteiger partial charge < -0.3 is 14.8 Å². The molecule has 1 heterocycles. The van der Waals surface area contributed by atoms with Crippen LogP contribution in [0.15, 0.2) is 24.3 Å². The molecule has 116 valence electrons. The molecule has 0 saturated carbocycles. The summed E-state index contributed by atoms with van der Waals surface area (Å²) in [6.45, 7) is 8.09. The summed E-state index contributed by atoms with van der Waals surface area (Å²) >= 11 is 0. The molecule has 0 bridgehead atoms. The third-order valence-electron chi connectivity index (χ3n) is 3.56. The van der Waals surface area contributed by atoms with Crippen molar-refractivity contribution in [2.45, 2.75) is 39.3 Å². The van der Waals surface area contributed by atoms with Crippen molar-refractivity contribution in [2.75, 3.05) is 19.8 Å². The molecule has 2 rings (SSSR count). The van der Waals surface area contributed by atoms with E-state index < -0.39 is 0 Å². The van der Waals surface area contributed by atoms with Crippen LogP contribution in [0.1, 0.15) is 37.6 Å². The van der Waals surface area contributed by atoms with Crippen LogP contribution in [0.25, 0.3) is 0 Å². The smallest absolute Gasteiger partial charge is 0.170 e. The predicted octanol–water partition coefficient (Wildman–Crippen LogP) is 2.67. The standard InChI is InChI=1S/C17H25NO3/c1-4-8-18-16-11-20-10-15(16)17(19)13-6-5-7-14(9-13)21-12(2)3/h5-7,9,12,15-16,18H,4,8,10-11H2,1-3H3. The first-order chi connectivity index (χ1) is 10.1. The lowest BCUT2D eigenvalue weighted by atomic mass is 9.93. The van der Waals surface area contributed by atoms with E-state index in [1.54, 1.807) is 0 Å². The summed E-state index contributed by atoms with van der Waals surface area (Å²) in [5.41, 5.74) is 0.701. The summed E-state index contributed by atoms with van der Waals surface area (Å²) in [4.78, 5) is 12.7. The Morgan fingerprint density at radius 2 is 2.24 bits per heavy atom. The van der Waals surface area contributed by atoms with E-state index in [0.717, 1.165) is 18.7 Å². The van der Waals surface area contributed by atoms with Crippen LogP contribution in [0, 0.1) is 5.92 Å². The minimum Gasteiger partial charge on any atom is -0.491 e. The Morgan fingerprint density at radius 1 is 1.43 bits per heavy atom. The third kappa shape index (κ3) is 4.29. The zero-order valence-corrected chi connectivity index (χ0v) is 13.1. The Labute approximate surface area is 126 Å². The second kappa shape index (κ2) is 7.57. The zero-order chi connectivity index (χ0) is 15.2. The lowest BCUT2D eigenvalue weighted by molar-refractivity contribution is 0.0890. The predicted molar refractivity (Wildman–Crippen MR) is 82.9 cm³/mol. The fourth-order valence-electron chi connectivity index (χ4n) is 2.55. The highest BCUT2D eigenvalue weighted by Crippen LogP contribution is 2.22. The van der Waals surface area contributed by atoms with Crippen LogP contribution in [0.4, 0.5) is 0 Å². The molecular formula is C17H25NO3. The van der Waals surface area contributed by atoms with Crippen molar-refractivity contribution in [3.8, 4) is 5.75 Å². The van der Waals surface area contributed by atoms with Crippen molar-refractivity contribution >= 4 is 5.78 Å². The van der Waals surface area contributed by atoms with Gasteiger partial charge >= 0.3 is 0 Å². The number of Topliss-reactive ketones (excluding diaryl/α,β-unsaturated/α-hetero) is 1. The van der Waals surface area contributed by atoms with Gasteiger partial charge in [-0.25, -0.2) is 0 Å². The van der Waals surface area contributed by atoms with E-state index in [0.29, 0.717) is 18.8 Å². The van der Waals surface area contributed by atoms with E-state index in [2.05, 4.69) is 12.2 Å². The van der Waals surface area contributed by atoms with E-state index in [1.165, 1.54) is 0 Å². The van der Waals surface area contributed by atoms with Crippen molar-refractivity contribution < 1.29 is 14.3 Å². The molecule has 21 heavy (non-hydrogen) atoms. The Morgan fingerprint density at radius 3 is 2.95 bits per heavy atom. The fraction of sp³-hybridized carbons (Fsp3) is 0.588. The van der Waals surface area contributed by atoms with E-state index in [1.807, 2.05) is 38.1 Å². The van der Waals surface area contributed by atoms with Crippen LogP contribution >= 0.6 is 0 Å². The van der Waals surface area contributed by atoms with Crippen LogP contribution in [0.5, 0.6) is 5.75 Å². The maximum absolute atomic E-state index is 12.7. The molecule has 1 aromatic carbocycles. The topological polar surface area (TPSA) is 47.6 Å². The molecule has 1 N–H and O–H groups in total. The number of benzene rings is 1. The molecule has 4 heteroatoms. The molecule has 2 atom stereocenters. The van der Waals surface area contributed by atoms with Gasteiger partial charge in [0.05, 0.1) is 25.2 Å². The highest BCUT2D eigenvalue weighted by Gasteiger charge is 2.34. The summed E-state index contributed by atoms with van der Waals surface area (Å²) in [7, 11) is 0. The van der Waals surface area contributed by atoms with Crippen LogP contribution in [0.3, 0.4) is 0 Å². The van der Waals surface area contributed by atoms with E-state index in [4.69, 9.17) is 9.47 Å². The van der Waals surface area contributed by atoms with Gasteiger partial charge in [-0.3, -0.25) is 4.79 Å². The highest BCUT2D eigenvalue weighted by atomic mass is 16.5. The number of ether oxygens (including phenoxy) is 2. The second-order valence-corrected chi connectivity index (χ2v) is 5.76. The molecule has 4 nitrogen and oxygen atoms in total. The van der Waals surface area contributed by atoms with Crippen LogP contribution < -0.4 is 10.1 Å². The van der Waals surface area contributed by atoms with Crippen molar-refractivity contribution in [1.82, 2.24) is 5.32 Å². The van der Waals surface area contributed by atoms with Gasteiger partial charge in [-0.15, -0.1) is 0 Å². The minimum absolute atomic E-state index is 0.101. The highest BCUT2D eigenvalue weighted by molar-refractivity contribution is 5.98. The molecule has 1 saturated heterocycles. The first-order valence-corrected chi connectivity index (χ1v) is 7.74. The molecule has 0 aromatic heterocycles. The van der Waals surface area contributed by atoms with Crippen molar-refractivity contribution in [3.05, 3.63) is 29.8 Å². The minimum atomic E-state index is -0.106. The molecule has 0 aliphatic carbocycles. The number of carbonyl (C=O) groups is 1. The summed E-state index contributed by atoms with van der Waals surface area (Å²) in [6.07, 6.45) is 1.15. The normalized spacial score (nSPS) is 21.7. The van der Waals surface area contributed by atoms with Gasteiger partial charge in [0.15, 0.2) is 5.78 Å². The molecule has 2 unspecified atom stereocenters. The van der Waals surface area contributed by atoms with Crippen LogP contribution in [-0.2, 0) is 4.74 Å². The maximum atomic E-state index is 12.7. The van der Waals surface area contributed by atoms with Gasteiger partial charge in [0.1, 0.15) is 5.75 Å². The average Bonchev–Trinajstić information content (AvgIpc) is 2.92. The lowest BCUT2D eigenvalue weighted by Gasteiger charge is -2.18. The van der Waals surface area contributed by atoms with E-state index >= 15 is 0 Å². The van der Waals surface area contributed by atoms with Gasteiger partial charge in [-0.1, -0.05) is 19.1 Å². The molecule has 1 aromatic rings. The van der Waals surface area contributed by atoms with Crippen molar-refractivity contribution in [2.24, 2.45) is 5.92 Å². The van der Waals surface area contributed by atoms with Crippen LogP contribution in [-0.4, -0.2) is 37.7 Å². The van der Waals surface area contributed by atoms with Crippen molar-refractivity contribution in [1.29, 1.82) is 0 Å². The lowest BCUT2D eigenvalue weighted by Crippen LogP contribution is -2.39. The third-order valence-corrected chi connectivity index (χ3v) is 3.56. The molecule has 0 spiro atoms. The quantitative estimate of drug-likeness (QED) is 0.785. The SMILES string of the molecule is CCCNC1COCC1C(=O)c1cccc(OC(C)C)c1. The summed E-state index contributed by atoms with van der Waals surface area (Å²) in [6, 6.07) is 7.55. The molecule has 0 amide bonds. The van der Waals surface area contributed by atoms with E-state index in [-0.39, 0.29) is 23.8 Å². The number of rotatable bonds is 7. The number of hydrogen-bond acceptors (Lipinski definition) is 4. The van der Waals surface area contributed by atoms with Gasteiger partial charge in [0.25, 0.3) is 0 Å². The van der Waals surface area contributed by atoms with Gasteiger partial charge in [-0.05, 0) is 38.9 Å². The van der Waals surface area contributed by atoms with Crippen molar-refractivity contribution in [3.63, 3.8) is 0 Å². The molecule has 1 aliphatic rings. The summed E-state index contributed by atoms with van der Waals surface area (Å²) < 4.78 is 11.1. The second-order valence-electron chi connectivity index (χ2n) is 5.76. The Bertz CT molecular complexity index is 473. The molecule has 1 aliphatic heterocycles. The molecule has 0 radical (unpaired) electrons. The fourth-order valence-corrected chi connectivity index (χ4v) is 2.55. The first-order valence-electron chi connectivity index (χ1n) is 7.74. The number of nitrogens with one attached hydrogen (secondary N) is 1. The number of carbonyl (C=O) groups excluding carboxylic acids is 1. The zero-order valence-electron chi connectivity index (χ0n) is 13.1.